The fourth-order valence-electron chi connectivity index (χ4n) is 3.91. The van der Waals surface area contributed by atoms with Crippen LogP contribution in [-0.2, 0) is 27.2 Å². The number of thioether (sulfide) groups is 1. The summed E-state index contributed by atoms with van der Waals surface area (Å²) in [6.45, 7) is 0. The van der Waals surface area contributed by atoms with Crippen LogP contribution < -0.4 is 5.73 Å². The van der Waals surface area contributed by atoms with E-state index in [1.165, 1.54) is 50.1 Å². The minimum atomic E-state index is -1.31. The predicted octanol–water partition coefficient (Wildman–Crippen LogP) is 5.00. The van der Waals surface area contributed by atoms with Gasteiger partial charge < -0.3 is 15.6 Å². The molecular formula is C27H37NO4S. The Morgan fingerprint density at radius 1 is 0.909 bits per heavy atom. The highest BCUT2D eigenvalue weighted by Crippen LogP contribution is 2.35. The molecule has 2 rings (SSSR count). The molecule has 0 saturated heterocycles. The first kappa shape index (κ1) is 26.9. The number of ether oxygens (including phenoxy) is 1. The first-order valence-corrected chi connectivity index (χ1v) is 12.9. The Hall–Kier alpha value is -2.31. The highest BCUT2D eigenvalue weighted by atomic mass is 32.2. The van der Waals surface area contributed by atoms with Gasteiger partial charge in [-0.2, -0.15) is 0 Å². The number of methoxy groups -OCH3 is 1. The number of hydrogen-bond donors (Lipinski definition) is 2. The van der Waals surface area contributed by atoms with E-state index in [9.17, 15) is 14.7 Å². The van der Waals surface area contributed by atoms with E-state index in [2.05, 4.69) is 41.1 Å². The SMILES string of the molecule is COC(=O)CCSC(c1ccccc1CCCCCCCCc1ccccc1)C(O)C(N)=O. The summed E-state index contributed by atoms with van der Waals surface area (Å²) in [4.78, 5) is 23.2. The van der Waals surface area contributed by atoms with Gasteiger partial charge in [0.15, 0.2) is 0 Å². The number of carbonyl (C=O) groups is 2. The standard InChI is InChI=1S/C27H37NO4S/c1-32-24(29)19-20-33-26(25(30)27(28)31)23-18-12-11-17-22(23)16-10-5-3-2-4-7-13-21-14-8-6-9-15-21/h6,8-9,11-12,14-15,17-18,25-26,30H,2-5,7,10,13,16,19-20H2,1H3,(H2,28,31). The minimum Gasteiger partial charge on any atom is -0.469 e. The Kier molecular flexibility index (Phi) is 12.7. The first-order chi connectivity index (χ1) is 16.0. The molecule has 0 heterocycles. The van der Waals surface area contributed by atoms with Gasteiger partial charge in [0.05, 0.1) is 18.8 Å². The van der Waals surface area contributed by atoms with Crippen LogP contribution in [0.4, 0.5) is 0 Å². The van der Waals surface area contributed by atoms with Gasteiger partial charge in [-0.05, 0) is 42.4 Å². The fraction of sp³-hybridized carbons (Fsp3) is 0.481. The topological polar surface area (TPSA) is 89.6 Å². The third kappa shape index (κ3) is 10.0. The Bertz CT molecular complexity index is 843. The van der Waals surface area contributed by atoms with E-state index >= 15 is 0 Å². The molecule has 0 fully saturated rings. The molecule has 1 amide bonds. The van der Waals surface area contributed by atoms with Crippen molar-refractivity contribution in [2.75, 3.05) is 12.9 Å². The third-order valence-electron chi connectivity index (χ3n) is 5.78. The van der Waals surface area contributed by atoms with Crippen LogP contribution in [0.15, 0.2) is 54.6 Å². The van der Waals surface area contributed by atoms with Crippen molar-refractivity contribution < 1.29 is 19.4 Å². The van der Waals surface area contributed by atoms with Crippen molar-refractivity contribution >= 4 is 23.6 Å². The van der Waals surface area contributed by atoms with Crippen LogP contribution in [-0.4, -0.2) is 35.9 Å². The molecule has 5 nitrogen and oxygen atoms in total. The van der Waals surface area contributed by atoms with Crippen molar-refractivity contribution in [2.24, 2.45) is 5.73 Å². The number of aryl methyl sites for hydroxylation is 2. The number of aliphatic hydroxyl groups excluding tert-OH is 1. The molecule has 0 spiro atoms. The van der Waals surface area contributed by atoms with Gasteiger partial charge in [0.1, 0.15) is 6.10 Å². The molecule has 3 N–H and O–H groups in total. The van der Waals surface area contributed by atoms with Crippen molar-refractivity contribution in [2.45, 2.75) is 69.1 Å². The van der Waals surface area contributed by atoms with Gasteiger partial charge in [-0.3, -0.25) is 9.59 Å². The summed E-state index contributed by atoms with van der Waals surface area (Å²) in [6, 6.07) is 18.5. The monoisotopic (exact) mass is 471 g/mol. The van der Waals surface area contributed by atoms with E-state index in [4.69, 9.17) is 5.73 Å². The molecule has 6 heteroatoms. The van der Waals surface area contributed by atoms with Gasteiger partial charge in [0, 0.05) is 5.75 Å². The summed E-state index contributed by atoms with van der Waals surface area (Å²) in [5.41, 5.74) is 8.85. The van der Waals surface area contributed by atoms with Crippen LogP contribution in [0, 0.1) is 0 Å². The van der Waals surface area contributed by atoms with Gasteiger partial charge >= 0.3 is 5.97 Å². The molecule has 0 saturated carbocycles. The maximum absolute atomic E-state index is 11.7. The predicted molar refractivity (Wildman–Crippen MR) is 135 cm³/mol. The van der Waals surface area contributed by atoms with E-state index in [1.807, 2.05) is 18.2 Å². The number of carbonyl (C=O) groups excluding carboxylic acids is 2. The average molecular weight is 472 g/mol. The largest absolute Gasteiger partial charge is 0.469 e. The van der Waals surface area contributed by atoms with E-state index in [-0.39, 0.29) is 12.4 Å². The lowest BCUT2D eigenvalue weighted by Gasteiger charge is -2.23. The van der Waals surface area contributed by atoms with Gasteiger partial charge in [0.2, 0.25) is 5.91 Å². The molecule has 33 heavy (non-hydrogen) atoms. The number of rotatable bonds is 16. The second-order valence-corrected chi connectivity index (χ2v) is 9.52. The smallest absolute Gasteiger partial charge is 0.306 e. The van der Waals surface area contributed by atoms with E-state index in [0.29, 0.717) is 5.75 Å². The van der Waals surface area contributed by atoms with Gasteiger partial charge in [-0.25, -0.2) is 0 Å². The Labute approximate surface area is 202 Å². The molecule has 2 aromatic carbocycles. The number of esters is 1. The average Bonchev–Trinajstić information content (AvgIpc) is 2.84. The number of benzene rings is 2. The Morgan fingerprint density at radius 2 is 1.52 bits per heavy atom. The molecule has 180 valence electrons. The summed E-state index contributed by atoms with van der Waals surface area (Å²) in [6.07, 6.45) is 8.07. The van der Waals surface area contributed by atoms with Crippen molar-refractivity contribution in [3.63, 3.8) is 0 Å². The van der Waals surface area contributed by atoms with Gasteiger partial charge in [-0.15, -0.1) is 11.8 Å². The van der Waals surface area contributed by atoms with Crippen LogP contribution in [0.5, 0.6) is 0 Å². The Balaban J connectivity index is 1.81. The second kappa shape index (κ2) is 15.5. The van der Waals surface area contributed by atoms with Gasteiger partial charge in [0.25, 0.3) is 0 Å². The molecular weight excluding hydrogens is 434 g/mol. The molecule has 0 aliphatic carbocycles. The van der Waals surface area contributed by atoms with Crippen LogP contribution in [0.25, 0.3) is 0 Å². The fourth-order valence-corrected chi connectivity index (χ4v) is 5.17. The molecule has 0 aromatic heterocycles. The van der Waals surface area contributed by atoms with E-state index < -0.39 is 17.3 Å². The summed E-state index contributed by atoms with van der Waals surface area (Å²) in [5, 5.41) is 9.95. The zero-order valence-electron chi connectivity index (χ0n) is 19.6. The number of aliphatic hydroxyl groups is 1. The third-order valence-corrected chi connectivity index (χ3v) is 7.09. The zero-order valence-corrected chi connectivity index (χ0v) is 20.4. The summed E-state index contributed by atoms with van der Waals surface area (Å²) >= 11 is 1.37. The number of amides is 1. The van der Waals surface area contributed by atoms with Crippen LogP contribution in [0.2, 0.25) is 0 Å². The molecule has 0 aliphatic rings. The molecule has 2 aromatic rings. The highest BCUT2D eigenvalue weighted by molar-refractivity contribution is 7.99. The zero-order chi connectivity index (χ0) is 23.9. The number of unbranched alkanes of at least 4 members (excludes halogenated alkanes) is 5. The lowest BCUT2D eigenvalue weighted by atomic mass is 9.96. The maximum atomic E-state index is 11.7. The maximum Gasteiger partial charge on any atom is 0.306 e. The molecule has 2 atom stereocenters. The lowest BCUT2D eigenvalue weighted by Crippen LogP contribution is -2.33. The number of primary amides is 1. The van der Waals surface area contributed by atoms with Crippen molar-refractivity contribution in [3.8, 4) is 0 Å². The highest BCUT2D eigenvalue weighted by Gasteiger charge is 2.28. The lowest BCUT2D eigenvalue weighted by molar-refractivity contribution is -0.140. The van der Waals surface area contributed by atoms with Crippen LogP contribution >= 0.6 is 11.8 Å². The van der Waals surface area contributed by atoms with Crippen molar-refractivity contribution in [1.82, 2.24) is 0 Å². The molecule has 0 radical (unpaired) electrons. The molecule has 0 aliphatic heterocycles. The van der Waals surface area contributed by atoms with Crippen LogP contribution in [0.3, 0.4) is 0 Å². The quantitative estimate of drug-likeness (QED) is 0.266. The van der Waals surface area contributed by atoms with Crippen LogP contribution in [0.1, 0.15) is 66.9 Å². The minimum absolute atomic E-state index is 0.218. The second-order valence-electron chi connectivity index (χ2n) is 8.27. The van der Waals surface area contributed by atoms with Crippen molar-refractivity contribution in [1.29, 1.82) is 0 Å². The molecule has 2 unspecified atom stereocenters. The first-order valence-electron chi connectivity index (χ1n) is 11.8. The van der Waals surface area contributed by atoms with E-state index in [0.717, 1.165) is 36.8 Å². The van der Waals surface area contributed by atoms with Gasteiger partial charge in [-0.1, -0.05) is 80.3 Å². The normalized spacial score (nSPS) is 12.8. The summed E-state index contributed by atoms with van der Waals surface area (Å²) < 4.78 is 4.69. The van der Waals surface area contributed by atoms with E-state index in [1.54, 1.807) is 0 Å². The molecule has 0 bridgehead atoms. The summed E-state index contributed by atoms with van der Waals surface area (Å²) in [7, 11) is 1.35. The Morgan fingerprint density at radius 3 is 2.18 bits per heavy atom. The number of nitrogens with two attached hydrogens (primary N) is 1. The summed E-state index contributed by atoms with van der Waals surface area (Å²) in [5.74, 6) is -0.623. The number of hydrogen-bond acceptors (Lipinski definition) is 5. The van der Waals surface area contributed by atoms with Crippen molar-refractivity contribution in [3.05, 3.63) is 71.3 Å².